The number of rotatable bonds is 2. The molecule has 1 aliphatic heterocycles. The van der Waals surface area contributed by atoms with E-state index in [0.29, 0.717) is 16.8 Å². The Hall–Kier alpha value is -2.95. The maximum absolute atomic E-state index is 12.4. The minimum absolute atomic E-state index is 0.103. The molecule has 0 saturated heterocycles. The summed E-state index contributed by atoms with van der Waals surface area (Å²) in [5.41, 5.74) is 2.00. The minimum atomic E-state index is -1.06. The van der Waals surface area contributed by atoms with Crippen LogP contribution in [0.25, 0.3) is 0 Å². The second-order valence-corrected chi connectivity index (χ2v) is 4.80. The highest BCUT2D eigenvalue weighted by molar-refractivity contribution is 6.34. The Morgan fingerprint density at radius 2 is 1.67 bits per heavy atom. The van der Waals surface area contributed by atoms with Crippen LogP contribution in [0.1, 0.15) is 36.6 Å². The third-order valence-electron chi connectivity index (χ3n) is 3.50. The molecule has 0 aliphatic carbocycles. The van der Waals surface area contributed by atoms with Gasteiger partial charge in [-0.3, -0.25) is 9.59 Å². The summed E-state index contributed by atoms with van der Waals surface area (Å²) in [6.45, 7) is 1.78. The van der Waals surface area contributed by atoms with Gasteiger partial charge < -0.3 is 5.11 Å². The number of hydrogen-bond donors (Lipinski definition) is 1. The highest BCUT2D eigenvalue weighted by Gasteiger charge is 2.37. The summed E-state index contributed by atoms with van der Waals surface area (Å²) in [5.74, 6) is -1.82. The van der Waals surface area contributed by atoms with Gasteiger partial charge in [-0.25, -0.2) is 9.69 Å². The molecule has 0 unspecified atom stereocenters. The normalized spacial score (nSPS) is 13.5. The lowest BCUT2D eigenvalue weighted by molar-refractivity contribution is 0.0696. The lowest BCUT2D eigenvalue weighted by Crippen LogP contribution is -2.29. The molecule has 0 bridgehead atoms. The fourth-order valence-electron chi connectivity index (χ4n) is 2.44. The third kappa shape index (κ3) is 1.90. The Labute approximate surface area is 120 Å². The van der Waals surface area contributed by atoms with Crippen molar-refractivity contribution in [1.82, 2.24) is 0 Å². The monoisotopic (exact) mass is 281 g/mol. The molecule has 0 spiro atoms. The molecule has 0 saturated carbocycles. The topological polar surface area (TPSA) is 74.7 Å². The second kappa shape index (κ2) is 4.56. The van der Waals surface area contributed by atoms with Gasteiger partial charge in [-0.2, -0.15) is 0 Å². The summed E-state index contributed by atoms with van der Waals surface area (Å²) in [6, 6.07) is 10.8. The summed E-state index contributed by atoms with van der Waals surface area (Å²) in [4.78, 5) is 36.7. The molecule has 5 heteroatoms. The largest absolute Gasteiger partial charge is 0.478 e. The van der Waals surface area contributed by atoms with Crippen LogP contribution in [0.15, 0.2) is 42.5 Å². The molecule has 104 valence electrons. The number of carbonyl (C=O) groups is 3. The van der Waals surface area contributed by atoms with Crippen molar-refractivity contribution in [2.24, 2.45) is 0 Å². The molecule has 1 aliphatic rings. The van der Waals surface area contributed by atoms with E-state index in [-0.39, 0.29) is 17.4 Å². The lowest BCUT2D eigenvalue weighted by Gasteiger charge is -2.14. The van der Waals surface area contributed by atoms with Gasteiger partial charge in [-0.05, 0) is 42.8 Å². The second-order valence-electron chi connectivity index (χ2n) is 4.80. The van der Waals surface area contributed by atoms with E-state index < -0.39 is 5.97 Å². The smallest absolute Gasteiger partial charge is 0.335 e. The SMILES string of the molecule is Cc1cccc2c1C(=O)N(c1ccc(C(=O)O)cc1)C2=O. The van der Waals surface area contributed by atoms with E-state index in [1.807, 2.05) is 0 Å². The Kier molecular flexibility index (Phi) is 2.83. The molecule has 0 aromatic heterocycles. The summed E-state index contributed by atoms with van der Waals surface area (Å²) in [6.07, 6.45) is 0. The van der Waals surface area contributed by atoms with E-state index in [1.54, 1.807) is 25.1 Å². The molecule has 0 fully saturated rings. The summed E-state index contributed by atoms with van der Waals surface area (Å²) >= 11 is 0. The number of aromatic carboxylic acids is 1. The summed E-state index contributed by atoms with van der Waals surface area (Å²) < 4.78 is 0. The van der Waals surface area contributed by atoms with Gasteiger partial charge >= 0.3 is 5.97 Å². The number of fused-ring (bicyclic) bond motifs is 1. The molecule has 1 N–H and O–H groups in total. The van der Waals surface area contributed by atoms with Crippen LogP contribution >= 0.6 is 0 Å². The zero-order valence-corrected chi connectivity index (χ0v) is 11.2. The van der Waals surface area contributed by atoms with Gasteiger partial charge in [-0.15, -0.1) is 0 Å². The average molecular weight is 281 g/mol. The number of imide groups is 1. The molecule has 3 rings (SSSR count). The van der Waals surface area contributed by atoms with Crippen LogP contribution in [0.2, 0.25) is 0 Å². The van der Waals surface area contributed by atoms with Crippen LogP contribution < -0.4 is 4.90 Å². The number of carboxylic acid groups (broad SMARTS) is 1. The quantitative estimate of drug-likeness (QED) is 0.858. The first-order valence-electron chi connectivity index (χ1n) is 6.32. The molecule has 21 heavy (non-hydrogen) atoms. The maximum atomic E-state index is 12.4. The van der Waals surface area contributed by atoms with Crippen LogP contribution in [-0.4, -0.2) is 22.9 Å². The van der Waals surface area contributed by atoms with Crippen molar-refractivity contribution in [3.8, 4) is 0 Å². The zero-order chi connectivity index (χ0) is 15.1. The molecule has 5 nitrogen and oxygen atoms in total. The summed E-state index contributed by atoms with van der Waals surface area (Å²) in [7, 11) is 0. The standard InChI is InChI=1S/C16H11NO4/c1-9-3-2-4-12-13(9)15(19)17(14(12)18)11-7-5-10(6-8-11)16(20)21/h2-8H,1H3,(H,20,21). The molecule has 1 heterocycles. The van der Waals surface area contributed by atoms with Gasteiger partial charge in [-0.1, -0.05) is 12.1 Å². The van der Waals surface area contributed by atoms with Crippen LogP contribution in [0.5, 0.6) is 0 Å². The average Bonchev–Trinajstić information content (AvgIpc) is 2.72. The Morgan fingerprint density at radius 1 is 1.00 bits per heavy atom. The van der Waals surface area contributed by atoms with Crippen LogP contribution in [-0.2, 0) is 0 Å². The first kappa shape index (κ1) is 13.1. The maximum Gasteiger partial charge on any atom is 0.335 e. The molecular formula is C16H11NO4. The molecule has 0 atom stereocenters. The lowest BCUT2D eigenvalue weighted by atomic mass is 10.0. The number of carboxylic acids is 1. The van der Waals surface area contributed by atoms with Gasteiger partial charge in [0.15, 0.2) is 0 Å². The molecule has 0 radical (unpaired) electrons. The number of nitrogens with zero attached hydrogens (tertiary/aromatic N) is 1. The Bertz CT molecular complexity index is 777. The molecule has 2 amide bonds. The minimum Gasteiger partial charge on any atom is -0.478 e. The number of anilines is 1. The number of benzene rings is 2. The van der Waals surface area contributed by atoms with Crippen molar-refractivity contribution in [3.05, 3.63) is 64.7 Å². The number of carbonyl (C=O) groups excluding carboxylic acids is 2. The molecule has 2 aromatic carbocycles. The van der Waals surface area contributed by atoms with E-state index in [9.17, 15) is 14.4 Å². The predicted molar refractivity (Wildman–Crippen MR) is 75.7 cm³/mol. The van der Waals surface area contributed by atoms with Crippen molar-refractivity contribution in [2.75, 3.05) is 4.90 Å². The van der Waals surface area contributed by atoms with Gasteiger partial charge in [0.25, 0.3) is 11.8 Å². The first-order chi connectivity index (χ1) is 10.0. The van der Waals surface area contributed by atoms with Crippen molar-refractivity contribution < 1.29 is 19.5 Å². The van der Waals surface area contributed by atoms with E-state index in [4.69, 9.17) is 5.11 Å². The Morgan fingerprint density at radius 3 is 2.24 bits per heavy atom. The van der Waals surface area contributed by atoms with Crippen molar-refractivity contribution in [1.29, 1.82) is 0 Å². The highest BCUT2D eigenvalue weighted by atomic mass is 16.4. The number of hydrogen-bond acceptors (Lipinski definition) is 3. The van der Waals surface area contributed by atoms with Gasteiger partial charge in [0.1, 0.15) is 0 Å². The highest BCUT2D eigenvalue weighted by Crippen LogP contribution is 2.30. The number of amides is 2. The van der Waals surface area contributed by atoms with E-state index in [2.05, 4.69) is 0 Å². The van der Waals surface area contributed by atoms with Gasteiger partial charge in [0.05, 0.1) is 22.4 Å². The summed E-state index contributed by atoms with van der Waals surface area (Å²) in [5, 5.41) is 8.88. The van der Waals surface area contributed by atoms with Crippen LogP contribution in [0.3, 0.4) is 0 Å². The first-order valence-corrected chi connectivity index (χ1v) is 6.32. The van der Waals surface area contributed by atoms with Crippen LogP contribution in [0.4, 0.5) is 5.69 Å². The number of aryl methyl sites for hydroxylation is 1. The van der Waals surface area contributed by atoms with Crippen molar-refractivity contribution in [3.63, 3.8) is 0 Å². The van der Waals surface area contributed by atoms with E-state index in [0.717, 1.165) is 10.5 Å². The predicted octanol–water partition coefficient (Wildman–Crippen LogP) is 2.49. The van der Waals surface area contributed by atoms with Crippen LogP contribution in [0, 0.1) is 6.92 Å². The van der Waals surface area contributed by atoms with Gasteiger partial charge in [0, 0.05) is 0 Å². The fourth-order valence-corrected chi connectivity index (χ4v) is 2.44. The Balaban J connectivity index is 2.06. The molecule has 2 aromatic rings. The third-order valence-corrected chi connectivity index (χ3v) is 3.50. The zero-order valence-electron chi connectivity index (χ0n) is 11.2. The van der Waals surface area contributed by atoms with E-state index in [1.165, 1.54) is 24.3 Å². The fraction of sp³-hybridized carbons (Fsp3) is 0.0625. The van der Waals surface area contributed by atoms with Gasteiger partial charge in [0.2, 0.25) is 0 Å². The molecular weight excluding hydrogens is 270 g/mol. The van der Waals surface area contributed by atoms with Crippen molar-refractivity contribution in [2.45, 2.75) is 6.92 Å². The van der Waals surface area contributed by atoms with Crippen molar-refractivity contribution >= 4 is 23.5 Å². The van der Waals surface area contributed by atoms with E-state index >= 15 is 0 Å².